The van der Waals surface area contributed by atoms with Gasteiger partial charge in [0.15, 0.2) is 0 Å². The van der Waals surface area contributed by atoms with Crippen molar-refractivity contribution >= 4 is 5.97 Å². The van der Waals surface area contributed by atoms with Gasteiger partial charge in [0.05, 0.1) is 12.0 Å². The third kappa shape index (κ3) is 2.05. The first-order valence-electron chi connectivity index (χ1n) is 5.65. The Kier molecular flexibility index (Phi) is 2.92. The van der Waals surface area contributed by atoms with E-state index in [4.69, 9.17) is 4.74 Å². The van der Waals surface area contributed by atoms with Crippen molar-refractivity contribution in [3.63, 3.8) is 0 Å². The van der Waals surface area contributed by atoms with E-state index in [1.165, 1.54) is 6.08 Å². The van der Waals surface area contributed by atoms with Crippen LogP contribution in [-0.4, -0.2) is 17.7 Å². The number of benzene rings is 1. The highest BCUT2D eigenvalue weighted by molar-refractivity contribution is 5.76. The summed E-state index contributed by atoms with van der Waals surface area (Å²) in [4.78, 5) is 11.2. The van der Waals surface area contributed by atoms with Crippen LogP contribution in [0.15, 0.2) is 36.9 Å². The molecule has 0 saturated heterocycles. The number of fused-ring (bicyclic) bond motifs is 1. The molecule has 3 heteroatoms. The molecule has 1 aromatic rings. The van der Waals surface area contributed by atoms with Crippen LogP contribution in [-0.2, 0) is 4.79 Å². The van der Waals surface area contributed by atoms with Crippen LogP contribution >= 0.6 is 0 Å². The molecule has 2 unspecified atom stereocenters. The number of rotatable bonds is 4. The number of aliphatic carboxylic acids is 1. The van der Waals surface area contributed by atoms with Crippen LogP contribution in [0.3, 0.4) is 0 Å². The van der Waals surface area contributed by atoms with E-state index < -0.39 is 11.4 Å². The van der Waals surface area contributed by atoms with Crippen molar-refractivity contribution in [2.24, 2.45) is 5.41 Å². The SMILES string of the molecule is C=CC(C)(CC1COc2ccccc21)C(=O)O. The normalized spacial score (nSPS) is 21.1. The Labute approximate surface area is 101 Å². The Morgan fingerprint density at radius 3 is 3.00 bits per heavy atom. The summed E-state index contributed by atoms with van der Waals surface area (Å²) in [6, 6.07) is 7.79. The molecule has 0 aromatic heterocycles. The highest BCUT2D eigenvalue weighted by atomic mass is 16.5. The van der Waals surface area contributed by atoms with E-state index in [1.807, 2.05) is 24.3 Å². The molecule has 2 rings (SSSR count). The summed E-state index contributed by atoms with van der Waals surface area (Å²) in [6.45, 7) is 5.88. The zero-order chi connectivity index (χ0) is 12.5. The molecule has 0 saturated carbocycles. The molecule has 0 spiro atoms. The van der Waals surface area contributed by atoms with E-state index in [0.29, 0.717) is 13.0 Å². The molecule has 1 aliphatic rings. The van der Waals surface area contributed by atoms with Gasteiger partial charge >= 0.3 is 5.97 Å². The first kappa shape index (κ1) is 11.7. The smallest absolute Gasteiger partial charge is 0.313 e. The maximum atomic E-state index is 11.2. The lowest BCUT2D eigenvalue weighted by atomic mass is 9.79. The van der Waals surface area contributed by atoms with Crippen LogP contribution in [0.2, 0.25) is 0 Å². The summed E-state index contributed by atoms with van der Waals surface area (Å²) >= 11 is 0. The minimum Gasteiger partial charge on any atom is -0.493 e. The maximum Gasteiger partial charge on any atom is 0.313 e. The molecule has 3 nitrogen and oxygen atoms in total. The summed E-state index contributed by atoms with van der Waals surface area (Å²) in [5.74, 6) is 0.163. The quantitative estimate of drug-likeness (QED) is 0.812. The molecule has 1 aromatic carbocycles. The van der Waals surface area contributed by atoms with Crippen LogP contribution in [0.5, 0.6) is 5.75 Å². The number of para-hydroxylation sites is 1. The molecule has 90 valence electrons. The number of carboxylic acids is 1. The molecule has 2 atom stereocenters. The van der Waals surface area contributed by atoms with Gasteiger partial charge in [0.25, 0.3) is 0 Å². The Morgan fingerprint density at radius 1 is 1.65 bits per heavy atom. The van der Waals surface area contributed by atoms with Gasteiger partial charge < -0.3 is 9.84 Å². The van der Waals surface area contributed by atoms with E-state index in [0.717, 1.165) is 11.3 Å². The third-order valence-electron chi connectivity index (χ3n) is 3.41. The molecule has 1 aliphatic heterocycles. The van der Waals surface area contributed by atoms with Gasteiger partial charge in [0, 0.05) is 11.5 Å². The summed E-state index contributed by atoms with van der Waals surface area (Å²) in [5.41, 5.74) is 0.202. The average molecular weight is 232 g/mol. The van der Waals surface area contributed by atoms with Gasteiger partial charge in [-0.1, -0.05) is 24.3 Å². The highest BCUT2D eigenvalue weighted by Crippen LogP contribution is 2.41. The minimum absolute atomic E-state index is 0.130. The number of hydrogen-bond donors (Lipinski definition) is 1. The van der Waals surface area contributed by atoms with Crippen molar-refractivity contribution < 1.29 is 14.6 Å². The minimum atomic E-state index is -0.897. The molecule has 0 radical (unpaired) electrons. The summed E-state index contributed by atoms with van der Waals surface area (Å²) < 4.78 is 5.55. The van der Waals surface area contributed by atoms with E-state index in [9.17, 15) is 9.90 Å². The lowest BCUT2D eigenvalue weighted by Gasteiger charge is -2.23. The van der Waals surface area contributed by atoms with Crippen LogP contribution in [0.25, 0.3) is 0 Å². The van der Waals surface area contributed by atoms with Crippen molar-refractivity contribution in [3.05, 3.63) is 42.5 Å². The Bertz CT molecular complexity index is 453. The van der Waals surface area contributed by atoms with Crippen molar-refractivity contribution in [3.8, 4) is 5.75 Å². The molecular formula is C14H16O3. The van der Waals surface area contributed by atoms with Crippen molar-refractivity contribution in [2.45, 2.75) is 19.3 Å². The maximum absolute atomic E-state index is 11.2. The van der Waals surface area contributed by atoms with E-state index >= 15 is 0 Å². The summed E-state index contributed by atoms with van der Waals surface area (Å²) in [6.07, 6.45) is 2.03. The number of carboxylic acid groups (broad SMARTS) is 1. The standard InChI is InChI=1S/C14H16O3/c1-3-14(2,13(15)16)8-10-9-17-12-7-5-4-6-11(10)12/h3-7,10H,1,8-9H2,2H3,(H,15,16). The molecule has 0 aliphatic carbocycles. The van der Waals surface area contributed by atoms with Gasteiger partial charge in [0.2, 0.25) is 0 Å². The molecule has 0 fully saturated rings. The fraction of sp³-hybridized carbons (Fsp3) is 0.357. The Hall–Kier alpha value is -1.77. The predicted molar refractivity (Wildman–Crippen MR) is 65.2 cm³/mol. The van der Waals surface area contributed by atoms with Crippen LogP contribution in [0.4, 0.5) is 0 Å². The first-order valence-corrected chi connectivity index (χ1v) is 5.65. The highest BCUT2D eigenvalue weighted by Gasteiger charge is 2.36. The molecule has 1 N–H and O–H groups in total. The summed E-state index contributed by atoms with van der Waals surface area (Å²) in [5, 5.41) is 9.23. The number of carbonyl (C=O) groups is 1. The van der Waals surface area contributed by atoms with Gasteiger partial charge in [-0.25, -0.2) is 0 Å². The third-order valence-corrected chi connectivity index (χ3v) is 3.41. The summed E-state index contributed by atoms with van der Waals surface area (Å²) in [7, 11) is 0. The van der Waals surface area contributed by atoms with Gasteiger partial charge in [-0.3, -0.25) is 4.79 Å². The van der Waals surface area contributed by atoms with Crippen molar-refractivity contribution in [1.82, 2.24) is 0 Å². The number of hydrogen-bond acceptors (Lipinski definition) is 2. The average Bonchev–Trinajstić information content (AvgIpc) is 2.72. The zero-order valence-corrected chi connectivity index (χ0v) is 9.85. The van der Waals surface area contributed by atoms with Crippen LogP contribution in [0.1, 0.15) is 24.8 Å². The molecular weight excluding hydrogens is 216 g/mol. The van der Waals surface area contributed by atoms with Gasteiger partial charge in [-0.15, -0.1) is 6.58 Å². The zero-order valence-electron chi connectivity index (χ0n) is 9.85. The second-order valence-corrected chi connectivity index (χ2v) is 4.68. The molecule has 0 amide bonds. The largest absolute Gasteiger partial charge is 0.493 e. The van der Waals surface area contributed by atoms with E-state index in [-0.39, 0.29) is 5.92 Å². The molecule has 1 heterocycles. The fourth-order valence-corrected chi connectivity index (χ4v) is 2.17. The molecule has 0 bridgehead atoms. The second-order valence-electron chi connectivity index (χ2n) is 4.68. The van der Waals surface area contributed by atoms with Crippen molar-refractivity contribution in [2.75, 3.05) is 6.61 Å². The van der Waals surface area contributed by atoms with Gasteiger partial charge in [0.1, 0.15) is 5.75 Å². The van der Waals surface area contributed by atoms with Gasteiger partial charge in [-0.2, -0.15) is 0 Å². The Balaban J connectivity index is 2.22. The Morgan fingerprint density at radius 2 is 2.35 bits per heavy atom. The predicted octanol–water partition coefficient (Wildman–Crippen LogP) is 2.83. The van der Waals surface area contributed by atoms with Crippen molar-refractivity contribution in [1.29, 1.82) is 0 Å². The first-order chi connectivity index (χ1) is 8.07. The van der Waals surface area contributed by atoms with Crippen LogP contribution < -0.4 is 4.74 Å². The second kappa shape index (κ2) is 4.24. The lowest BCUT2D eigenvalue weighted by molar-refractivity contribution is -0.145. The van der Waals surface area contributed by atoms with Crippen LogP contribution in [0, 0.1) is 5.41 Å². The fourth-order valence-electron chi connectivity index (χ4n) is 2.17. The molecule has 17 heavy (non-hydrogen) atoms. The number of ether oxygens (including phenoxy) is 1. The lowest BCUT2D eigenvalue weighted by Crippen LogP contribution is -2.27. The van der Waals surface area contributed by atoms with E-state index in [2.05, 4.69) is 6.58 Å². The monoisotopic (exact) mass is 232 g/mol. The van der Waals surface area contributed by atoms with E-state index in [1.54, 1.807) is 6.92 Å². The topological polar surface area (TPSA) is 46.5 Å². The van der Waals surface area contributed by atoms with Gasteiger partial charge in [-0.05, 0) is 19.4 Å².